The van der Waals surface area contributed by atoms with Crippen molar-refractivity contribution in [3.63, 3.8) is 0 Å². The Labute approximate surface area is 224 Å². The van der Waals surface area contributed by atoms with Crippen molar-refractivity contribution in [2.24, 2.45) is 11.8 Å². The molecule has 0 fully saturated rings. The second kappa shape index (κ2) is 15.8. The molecular weight excluding hydrogens is 498 g/mol. The zero-order chi connectivity index (χ0) is 28.9. The van der Waals surface area contributed by atoms with Crippen molar-refractivity contribution in [1.29, 1.82) is 0 Å². The van der Waals surface area contributed by atoms with Gasteiger partial charge in [-0.05, 0) is 49.8 Å². The Kier molecular flexibility index (Phi) is 13.6. The number of hydrogen-bond donors (Lipinski definition) is 2. The van der Waals surface area contributed by atoms with Crippen molar-refractivity contribution in [3.8, 4) is 11.5 Å². The summed E-state index contributed by atoms with van der Waals surface area (Å²) in [4.78, 5) is 49.6. The molecule has 0 spiro atoms. The number of benzene rings is 1. The van der Waals surface area contributed by atoms with Crippen LogP contribution < -0.4 is 14.8 Å². The van der Waals surface area contributed by atoms with Crippen molar-refractivity contribution in [1.82, 2.24) is 5.32 Å². The van der Waals surface area contributed by atoms with Crippen LogP contribution in [0, 0.1) is 11.8 Å². The molecule has 0 amide bonds. The minimum absolute atomic E-state index is 0.0735. The predicted octanol–water partition coefficient (Wildman–Crippen LogP) is 5.08. The molecule has 0 saturated carbocycles. The number of rotatable bonds is 15. The Bertz CT molecular complexity index is 948. The topological polar surface area (TPSA) is 147 Å². The van der Waals surface area contributed by atoms with Gasteiger partial charge in [0.25, 0.3) is 5.72 Å². The smallest absolute Gasteiger partial charge is 0.477 e. The summed E-state index contributed by atoms with van der Waals surface area (Å²) >= 11 is 0. The molecule has 0 radical (unpaired) electrons. The number of nitrogens with one attached hydrogen (secondary N) is 1. The summed E-state index contributed by atoms with van der Waals surface area (Å²) in [5.41, 5.74) is -1.79. The van der Waals surface area contributed by atoms with E-state index in [0.717, 1.165) is 0 Å². The highest BCUT2D eigenvalue weighted by molar-refractivity contribution is 5.83. The number of carboxylic acid groups (broad SMARTS) is 1. The van der Waals surface area contributed by atoms with Gasteiger partial charge in [-0.1, -0.05) is 47.6 Å². The second-order valence-electron chi connectivity index (χ2n) is 9.40. The highest BCUT2D eigenvalue weighted by Gasteiger charge is 2.45. The van der Waals surface area contributed by atoms with Gasteiger partial charge in [-0.25, -0.2) is 14.4 Å². The quantitative estimate of drug-likeness (QED) is 0.133. The van der Waals surface area contributed by atoms with E-state index in [4.69, 9.17) is 23.7 Å². The molecule has 0 bridgehead atoms. The summed E-state index contributed by atoms with van der Waals surface area (Å²) in [6.45, 7) is 12.8. The van der Waals surface area contributed by atoms with Crippen LogP contribution in [0.3, 0.4) is 0 Å². The lowest BCUT2D eigenvalue weighted by Gasteiger charge is -2.34. The average molecular weight is 540 g/mol. The first-order valence-corrected chi connectivity index (χ1v) is 12.9. The first-order valence-electron chi connectivity index (χ1n) is 12.9. The highest BCUT2D eigenvalue weighted by Crippen LogP contribution is 2.32. The number of aliphatic carboxylic acids is 1. The van der Waals surface area contributed by atoms with E-state index in [9.17, 15) is 24.3 Å². The van der Waals surface area contributed by atoms with Gasteiger partial charge in [0.1, 0.15) is 0 Å². The van der Waals surface area contributed by atoms with E-state index in [2.05, 4.69) is 5.32 Å². The van der Waals surface area contributed by atoms with E-state index in [1.165, 1.54) is 18.2 Å². The zero-order valence-electron chi connectivity index (χ0n) is 23.3. The number of carbonyl (C=O) groups excluding carboxylic acids is 3. The summed E-state index contributed by atoms with van der Waals surface area (Å²) in [6.07, 6.45) is -0.642. The number of carboxylic acids is 1. The van der Waals surface area contributed by atoms with Crippen LogP contribution in [0.5, 0.6) is 11.5 Å². The summed E-state index contributed by atoms with van der Waals surface area (Å²) in [6, 6.07) is 3.82. The third kappa shape index (κ3) is 10.2. The first-order chi connectivity index (χ1) is 17.9. The van der Waals surface area contributed by atoms with Gasteiger partial charge in [0.05, 0.1) is 19.1 Å². The molecule has 2 unspecified atom stereocenters. The van der Waals surface area contributed by atoms with Crippen LogP contribution in [-0.4, -0.2) is 54.3 Å². The van der Waals surface area contributed by atoms with E-state index in [1.54, 1.807) is 13.8 Å². The molecule has 0 heterocycles. The minimum Gasteiger partial charge on any atom is -0.477 e. The summed E-state index contributed by atoms with van der Waals surface area (Å²) < 4.78 is 25.9. The molecule has 0 saturated heterocycles. The minimum atomic E-state index is -2.11. The Balaban J connectivity index is 3.45. The van der Waals surface area contributed by atoms with Gasteiger partial charge in [0.15, 0.2) is 11.5 Å². The molecule has 3 atom stereocenters. The lowest BCUT2D eigenvalue weighted by Crippen LogP contribution is -2.60. The summed E-state index contributed by atoms with van der Waals surface area (Å²) in [5.74, 6) is -3.02. The number of esters is 1. The van der Waals surface area contributed by atoms with Crippen LogP contribution in [0.1, 0.15) is 73.3 Å². The Morgan fingerprint density at radius 3 is 1.92 bits per heavy atom. The summed E-state index contributed by atoms with van der Waals surface area (Å²) in [5, 5.41) is 13.2. The van der Waals surface area contributed by atoms with Crippen LogP contribution in [0.25, 0.3) is 0 Å². The van der Waals surface area contributed by atoms with Crippen LogP contribution in [0.2, 0.25) is 0 Å². The van der Waals surface area contributed by atoms with Crippen molar-refractivity contribution >= 4 is 24.2 Å². The number of carbonyl (C=O) groups is 4. The largest absolute Gasteiger partial charge is 0.513 e. The van der Waals surface area contributed by atoms with Crippen LogP contribution in [0.15, 0.2) is 18.2 Å². The maximum atomic E-state index is 12.9. The third-order valence-corrected chi connectivity index (χ3v) is 5.78. The highest BCUT2D eigenvalue weighted by atomic mass is 16.7. The fourth-order valence-electron chi connectivity index (χ4n) is 3.06. The van der Waals surface area contributed by atoms with Gasteiger partial charge in [0, 0.05) is 12.5 Å². The fraction of sp³-hybridized carbons (Fsp3) is 0.630. The maximum absolute atomic E-state index is 12.9. The van der Waals surface area contributed by atoms with Crippen molar-refractivity contribution in [3.05, 3.63) is 23.8 Å². The molecule has 1 rings (SSSR count). The molecule has 2 N–H and O–H groups in total. The Hall–Kier alpha value is -3.34. The van der Waals surface area contributed by atoms with E-state index < -0.39 is 35.9 Å². The van der Waals surface area contributed by atoms with Crippen molar-refractivity contribution in [2.75, 3.05) is 13.2 Å². The lowest BCUT2D eigenvalue weighted by molar-refractivity contribution is -0.188. The maximum Gasteiger partial charge on any atom is 0.513 e. The van der Waals surface area contributed by atoms with E-state index in [1.807, 2.05) is 34.6 Å². The fourth-order valence-corrected chi connectivity index (χ4v) is 3.06. The molecule has 0 aliphatic heterocycles. The van der Waals surface area contributed by atoms with Crippen LogP contribution in [0.4, 0.5) is 9.59 Å². The molecule has 0 aliphatic rings. The summed E-state index contributed by atoms with van der Waals surface area (Å²) in [7, 11) is 0. The zero-order valence-corrected chi connectivity index (χ0v) is 23.3. The SMILES string of the molecule is CCCOC(=O)Oc1ccc(C[C@](NC(C)CC)(OC(=O)C(C)C(C)C)C(=O)O)cc1OC(=O)OCCC. The van der Waals surface area contributed by atoms with Gasteiger partial charge in [-0.15, -0.1) is 0 Å². The molecule has 214 valence electrons. The standard InChI is InChI=1S/C27H41NO10/c1-8-13-34-25(32)36-21-12-11-20(15-22(21)37-26(33)35-14-9-2)16-27(24(30)31,28-18(6)10-3)38-23(29)19(7)17(4)5/h11-12,15,17-19,28H,8-10,13-14,16H2,1-7H3,(H,30,31)/t18?,19?,27-/m0/s1. The molecule has 0 aromatic heterocycles. The monoisotopic (exact) mass is 539 g/mol. The van der Waals surface area contributed by atoms with Crippen molar-refractivity contribution < 1.29 is 48.0 Å². The van der Waals surface area contributed by atoms with E-state index in [-0.39, 0.29) is 43.1 Å². The van der Waals surface area contributed by atoms with Gasteiger partial charge >= 0.3 is 24.2 Å². The molecule has 11 heteroatoms. The normalized spacial score (nSPS) is 14.1. The molecule has 1 aromatic rings. The molecule has 0 aliphatic carbocycles. The average Bonchev–Trinajstić information content (AvgIpc) is 2.86. The van der Waals surface area contributed by atoms with Crippen LogP contribution >= 0.6 is 0 Å². The third-order valence-electron chi connectivity index (χ3n) is 5.78. The van der Waals surface area contributed by atoms with E-state index >= 15 is 0 Å². The number of ether oxygens (including phenoxy) is 5. The molecular formula is C27H41NO10. The lowest BCUT2D eigenvalue weighted by atomic mass is 9.97. The predicted molar refractivity (Wildman–Crippen MR) is 138 cm³/mol. The Morgan fingerprint density at radius 1 is 0.895 bits per heavy atom. The van der Waals surface area contributed by atoms with Gasteiger partial charge in [0.2, 0.25) is 0 Å². The van der Waals surface area contributed by atoms with Gasteiger partial charge in [-0.3, -0.25) is 10.1 Å². The van der Waals surface area contributed by atoms with Gasteiger partial charge < -0.3 is 28.8 Å². The van der Waals surface area contributed by atoms with Gasteiger partial charge in [-0.2, -0.15) is 0 Å². The second-order valence-corrected chi connectivity index (χ2v) is 9.40. The molecule has 38 heavy (non-hydrogen) atoms. The molecule has 11 nitrogen and oxygen atoms in total. The van der Waals surface area contributed by atoms with E-state index in [0.29, 0.717) is 24.8 Å². The molecule has 1 aromatic carbocycles. The van der Waals surface area contributed by atoms with Crippen LogP contribution in [-0.2, 0) is 30.2 Å². The Morgan fingerprint density at radius 2 is 1.45 bits per heavy atom. The first kappa shape index (κ1) is 32.7. The van der Waals surface area contributed by atoms with Crippen molar-refractivity contribution in [2.45, 2.75) is 85.9 Å². The number of hydrogen-bond acceptors (Lipinski definition) is 10.